The van der Waals surface area contributed by atoms with Crippen molar-refractivity contribution in [2.75, 3.05) is 18.0 Å². The predicted octanol–water partition coefficient (Wildman–Crippen LogP) is 7.47. The molecule has 0 fully saturated rings. The zero-order valence-corrected chi connectivity index (χ0v) is 27.9. The number of halogens is 2. The summed E-state index contributed by atoms with van der Waals surface area (Å²) in [6.07, 6.45) is 1.43. The van der Waals surface area contributed by atoms with Gasteiger partial charge in [0.05, 0.1) is 28.4 Å². The molecule has 8 nitrogen and oxygen atoms in total. The molecular weight excluding hydrogens is 666 g/mol. The third-order valence-electron chi connectivity index (χ3n) is 6.73. The summed E-state index contributed by atoms with van der Waals surface area (Å²) in [5, 5.41) is 4.66. The van der Waals surface area contributed by atoms with Gasteiger partial charge in [-0.1, -0.05) is 73.5 Å². The molecule has 1 amide bonds. The molecule has 1 N–H and O–H groups in total. The van der Waals surface area contributed by atoms with Crippen molar-refractivity contribution < 1.29 is 22.7 Å². The fourth-order valence-corrected chi connectivity index (χ4v) is 6.43. The predicted molar refractivity (Wildman–Crippen MR) is 178 cm³/mol. The minimum Gasteiger partial charge on any atom is -0.493 e. The van der Waals surface area contributed by atoms with Gasteiger partial charge in [0.15, 0.2) is 11.5 Å². The van der Waals surface area contributed by atoms with Crippen molar-refractivity contribution in [3.05, 3.63) is 117 Å². The zero-order valence-electron chi connectivity index (χ0n) is 24.8. The molecule has 4 aromatic rings. The number of carbonyl (C=O) groups excluding carboxylic acids is 1. The van der Waals surface area contributed by atoms with Crippen LogP contribution in [0.1, 0.15) is 42.0 Å². The van der Waals surface area contributed by atoms with Gasteiger partial charge >= 0.3 is 0 Å². The maximum Gasteiger partial charge on any atom is 0.264 e. The highest BCUT2D eigenvalue weighted by atomic mass is 79.9. The highest BCUT2D eigenvalue weighted by Gasteiger charge is 2.27. The Balaban J connectivity index is 1.51. The Hall–Kier alpha value is -3.86. The van der Waals surface area contributed by atoms with Crippen molar-refractivity contribution in [1.82, 2.24) is 5.43 Å². The second-order valence-electron chi connectivity index (χ2n) is 10.3. The number of hydrogen-bond donors (Lipinski definition) is 1. The number of rotatable bonds is 12. The molecule has 0 atom stereocenters. The Kier molecular flexibility index (Phi) is 11.1. The number of benzene rings is 4. The third kappa shape index (κ3) is 8.19. The minimum atomic E-state index is -4.05. The van der Waals surface area contributed by atoms with Crippen molar-refractivity contribution in [3.63, 3.8) is 0 Å². The number of carbonyl (C=O) groups is 1. The molecule has 0 bridgehead atoms. The van der Waals surface area contributed by atoms with E-state index in [2.05, 4.69) is 40.3 Å². The van der Waals surface area contributed by atoms with E-state index in [1.807, 2.05) is 37.3 Å². The van der Waals surface area contributed by atoms with E-state index in [-0.39, 0.29) is 17.4 Å². The van der Waals surface area contributed by atoms with Gasteiger partial charge in [-0.3, -0.25) is 9.10 Å². The van der Waals surface area contributed by atoms with Crippen LogP contribution < -0.4 is 19.2 Å². The maximum atomic E-state index is 13.7. The van der Waals surface area contributed by atoms with E-state index in [1.54, 1.807) is 42.5 Å². The number of hydrogen-bond acceptors (Lipinski definition) is 6. The number of amides is 1. The Morgan fingerprint density at radius 3 is 2.36 bits per heavy atom. The Labute approximate surface area is 271 Å². The average molecular weight is 699 g/mol. The smallest absolute Gasteiger partial charge is 0.264 e. The molecule has 0 saturated heterocycles. The van der Waals surface area contributed by atoms with Gasteiger partial charge in [-0.25, -0.2) is 13.8 Å². The van der Waals surface area contributed by atoms with Crippen LogP contribution >= 0.6 is 27.5 Å². The van der Waals surface area contributed by atoms with Gasteiger partial charge in [0.25, 0.3) is 15.9 Å². The number of methoxy groups -OCH3 is 1. The largest absolute Gasteiger partial charge is 0.493 e. The van der Waals surface area contributed by atoms with Crippen LogP contribution in [0.3, 0.4) is 0 Å². The summed E-state index contributed by atoms with van der Waals surface area (Å²) in [5.41, 5.74) is 6.22. The molecule has 0 spiro atoms. The first-order valence-electron chi connectivity index (χ1n) is 13.7. The number of ether oxygens (including phenoxy) is 2. The molecular formula is C33H33BrClN3O5S. The lowest BCUT2D eigenvalue weighted by molar-refractivity contribution is -0.119. The molecule has 0 aliphatic rings. The molecule has 0 saturated carbocycles. The zero-order chi connectivity index (χ0) is 31.9. The van der Waals surface area contributed by atoms with Gasteiger partial charge in [-0.2, -0.15) is 5.10 Å². The van der Waals surface area contributed by atoms with Crippen LogP contribution in [0.15, 0.2) is 99.4 Å². The third-order valence-corrected chi connectivity index (χ3v) is 9.47. The highest BCUT2D eigenvalue weighted by Crippen LogP contribution is 2.37. The number of nitrogens with zero attached hydrogens (tertiary/aromatic N) is 2. The van der Waals surface area contributed by atoms with Crippen LogP contribution in [0.2, 0.25) is 5.02 Å². The van der Waals surface area contributed by atoms with E-state index >= 15 is 0 Å². The van der Waals surface area contributed by atoms with Crippen molar-refractivity contribution in [3.8, 4) is 11.5 Å². The van der Waals surface area contributed by atoms with E-state index in [1.165, 1.54) is 25.5 Å². The molecule has 4 rings (SSSR count). The summed E-state index contributed by atoms with van der Waals surface area (Å²) in [4.78, 5) is 13.1. The van der Waals surface area contributed by atoms with E-state index < -0.39 is 22.5 Å². The molecule has 0 aromatic heterocycles. The SMILES string of the molecule is COc1cc(/C=N\NC(=O)CN(c2ccc(C(C)C)cc2)S(=O)(=O)c2ccc(C)cc2)cc(Br)c1OCc1ccccc1Cl. The van der Waals surface area contributed by atoms with Crippen LogP contribution in [-0.4, -0.2) is 34.2 Å². The second-order valence-corrected chi connectivity index (χ2v) is 13.4. The number of anilines is 1. The summed E-state index contributed by atoms with van der Waals surface area (Å²) < 4.78 is 40.5. The minimum absolute atomic E-state index is 0.0844. The summed E-state index contributed by atoms with van der Waals surface area (Å²) >= 11 is 9.76. The monoisotopic (exact) mass is 697 g/mol. The van der Waals surface area contributed by atoms with E-state index in [0.717, 1.165) is 21.0 Å². The summed E-state index contributed by atoms with van der Waals surface area (Å²) in [6, 6.07) is 24.5. The lowest BCUT2D eigenvalue weighted by Gasteiger charge is -2.24. The highest BCUT2D eigenvalue weighted by molar-refractivity contribution is 9.10. The number of nitrogens with one attached hydrogen (secondary N) is 1. The summed E-state index contributed by atoms with van der Waals surface area (Å²) in [5.74, 6) is 0.578. The Morgan fingerprint density at radius 1 is 1.05 bits per heavy atom. The normalized spacial score (nSPS) is 11.5. The number of hydrazone groups is 1. The fraction of sp³-hybridized carbons (Fsp3) is 0.212. The average Bonchev–Trinajstić information content (AvgIpc) is 3.00. The Morgan fingerprint density at radius 2 is 1.73 bits per heavy atom. The van der Waals surface area contributed by atoms with E-state index in [0.29, 0.717) is 32.2 Å². The summed E-state index contributed by atoms with van der Waals surface area (Å²) in [7, 11) is -2.53. The second kappa shape index (κ2) is 14.7. The first-order valence-corrected chi connectivity index (χ1v) is 16.4. The van der Waals surface area contributed by atoms with Crippen molar-refractivity contribution in [1.29, 1.82) is 0 Å². The summed E-state index contributed by atoms with van der Waals surface area (Å²) in [6.45, 7) is 5.74. The molecule has 230 valence electrons. The van der Waals surface area contributed by atoms with Crippen LogP contribution in [0.25, 0.3) is 0 Å². The van der Waals surface area contributed by atoms with E-state index in [4.69, 9.17) is 21.1 Å². The topological polar surface area (TPSA) is 97.3 Å². The number of sulfonamides is 1. The van der Waals surface area contributed by atoms with Crippen LogP contribution in [0.4, 0.5) is 5.69 Å². The van der Waals surface area contributed by atoms with Crippen molar-refractivity contribution >= 4 is 55.4 Å². The maximum absolute atomic E-state index is 13.7. The molecule has 0 unspecified atom stereocenters. The standard InChI is InChI=1S/C33H33BrClN3O5S/c1-22(2)25-11-13-27(14-12-25)38(44(40,41)28-15-9-23(3)10-16-28)20-32(39)37-36-19-24-17-29(34)33(31(18-24)42-4)43-21-26-7-5-6-8-30(26)35/h5-19,22H,20-21H2,1-4H3,(H,37,39)/b36-19-. The fourth-order valence-electron chi connectivity index (χ4n) is 4.24. The molecule has 0 radical (unpaired) electrons. The first kappa shape index (κ1) is 33.0. The van der Waals surface area contributed by atoms with Gasteiger partial charge in [0.1, 0.15) is 13.2 Å². The number of aryl methyl sites for hydroxylation is 1. The van der Waals surface area contributed by atoms with Gasteiger partial charge in [-0.15, -0.1) is 0 Å². The van der Waals surface area contributed by atoms with E-state index in [9.17, 15) is 13.2 Å². The van der Waals surface area contributed by atoms with Crippen molar-refractivity contribution in [2.45, 2.75) is 38.2 Å². The molecule has 0 heterocycles. The van der Waals surface area contributed by atoms with Gasteiger partial charge < -0.3 is 9.47 Å². The molecule has 11 heteroatoms. The van der Waals surface area contributed by atoms with Crippen LogP contribution in [0, 0.1) is 6.92 Å². The van der Waals surface area contributed by atoms with Crippen molar-refractivity contribution in [2.24, 2.45) is 5.10 Å². The van der Waals surface area contributed by atoms with Crippen LogP contribution in [-0.2, 0) is 21.4 Å². The molecule has 0 aliphatic carbocycles. The van der Waals surface area contributed by atoms with Gasteiger partial charge in [0, 0.05) is 10.6 Å². The lowest BCUT2D eigenvalue weighted by Crippen LogP contribution is -2.39. The molecule has 0 aliphatic heterocycles. The molecule has 44 heavy (non-hydrogen) atoms. The lowest BCUT2D eigenvalue weighted by atomic mass is 10.0. The van der Waals surface area contributed by atoms with Gasteiger partial charge in [0.2, 0.25) is 0 Å². The van der Waals surface area contributed by atoms with Crippen LogP contribution in [0.5, 0.6) is 11.5 Å². The quantitative estimate of drug-likeness (QED) is 0.122. The Bertz CT molecular complexity index is 1740. The molecule has 4 aromatic carbocycles. The van der Waals surface area contributed by atoms with Gasteiger partial charge in [-0.05, 0) is 82.4 Å². The first-order chi connectivity index (χ1) is 21.0.